The normalized spacial score (nSPS) is 12.3. The van der Waals surface area contributed by atoms with Crippen molar-refractivity contribution in [1.82, 2.24) is 5.32 Å². The maximum Gasteiger partial charge on any atom is 0.261 e. The van der Waals surface area contributed by atoms with Crippen molar-refractivity contribution in [3.63, 3.8) is 0 Å². The Morgan fingerprint density at radius 1 is 0.871 bits per heavy atom. The predicted molar refractivity (Wildman–Crippen MR) is 125 cm³/mol. The van der Waals surface area contributed by atoms with E-state index in [1.54, 1.807) is 49.4 Å². The zero-order valence-corrected chi connectivity index (χ0v) is 19.1. The second kappa shape index (κ2) is 9.35. The molecule has 0 spiro atoms. The third kappa shape index (κ3) is 5.52. The Hall–Kier alpha value is -3.12. The van der Waals surface area contributed by atoms with E-state index in [1.807, 2.05) is 45.0 Å². The molecule has 0 heterocycles. The summed E-state index contributed by atoms with van der Waals surface area (Å²) in [5, 5.41) is 3.05. The molecule has 3 aromatic carbocycles. The van der Waals surface area contributed by atoms with Crippen molar-refractivity contribution >= 4 is 21.6 Å². The van der Waals surface area contributed by atoms with E-state index in [-0.39, 0.29) is 16.8 Å². The van der Waals surface area contributed by atoms with Crippen LogP contribution in [-0.2, 0) is 10.0 Å². The molecule has 0 fully saturated rings. The van der Waals surface area contributed by atoms with Gasteiger partial charge in [0.1, 0.15) is 0 Å². The van der Waals surface area contributed by atoms with Gasteiger partial charge in [0, 0.05) is 5.56 Å². The standard InChI is InChI=1S/C25H28N2O3S/c1-5-23(20-11-6-17(2)7-12-20)26-25(28)21-13-10-19(4)24(16-21)27-31(29,30)22-14-8-18(3)9-15-22/h6-16,23,27H,5H2,1-4H3,(H,26,28). The Labute approximate surface area is 184 Å². The van der Waals surface area contributed by atoms with Crippen molar-refractivity contribution in [1.29, 1.82) is 0 Å². The summed E-state index contributed by atoms with van der Waals surface area (Å²) < 4.78 is 28.2. The molecular weight excluding hydrogens is 408 g/mol. The van der Waals surface area contributed by atoms with Gasteiger partial charge in [-0.15, -0.1) is 0 Å². The number of sulfonamides is 1. The fourth-order valence-electron chi connectivity index (χ4n) is 3.26. The molecule has 3 aromatic rings. The van der Waals surface area contributed by atoms with Gasteiger partial charge in [-0.3, -0.25) is 9.52 Å². The molecule has 0 aliphatic rings. The summed E-state index contributed by atoms with van der Waals surface area (Å²) in [5.41, 5.74) is 4.70. The lowest BCUT2D eigenvalue weighted by Gasteiger charge is -2.18. The van der Waals surface area contributed by atoms with Crippen molar-refractivity contribution in [3.8, 4) is 0 Å². The highest BCUT2D eigenvalue weighted by Gasteiger charge is 2.18. The van der Waals surface area contributed by atoms with E-state index >= 15 is 0 Å². The SMILES string of the molecule is CCC(NC(=O)c1ccc(C)c(NS(=O)(=O)c2ccc(C)cc2)c1)c1ccc(C)cc1. The average molecular weight is 437 g/mol. The monoisotopic (exact) mass is 436 g/mol. The fourth-order valence-corrected chi connectivity index (χ4v) is 4.38. The predicted octanol–water partition coefficient (Wildman–Crippen LogP) is 5.29. The fraction of sp³-hybridized carbons (Fsp3) is 0.240. The molecule has 0 radical (unpaired) electrons. The van der Waals surface area contributed by atoms with E-state index < -0.39 is 10.0 Å². The van der Waals surface area contributed by atoms with Gasteiger partial charge in [0.15, 0.2) is 0 Å². The van der Waals surface area contributed by atoms with Crippen molar-refractivity contribution in [2.75, 3.05) is 4.72 Å². The van der Waals surface area contributed by atoms with Gasteiger partial charge in [-0.2, -0.15) is 0 Å². The van der Waals surface area contributed by atoms with Crippen LogP contribution in [0.4, 0.5) is 5.69 Å². The van der Waals surface area contributed by atoms with Crippen LogP contribution in [0.2, 0.25) is 0 Å². The van der Waals surface area contributed by atoms with Crippen molar-refractivity contribution in [2.45, 2.75) is 45.1 Å². The molecular formula is C25H28N2O3S. The van der Waals surface area contributed by atoms with Crippen molar-refractivity contribution < 1.29 is 13.2 Å². The Balaban J connectivity index is 1.81. The first kappa shape index (κ1) is 22.6. The Morgan fingerprint density at radius 3 is 2.03 bits per heavy atom. The van der Waals surface area contributed by atoms with Crippen LogP contribution in [-0.4, -0.2) is 14.3 Å². The quantitative estimate of drug-likeness (QED) is 0.528. The van der Waals surface area contributed by atoms with E-state index in [9.17, 15) is 13.2 Å². The number of rotatable bonds is 7. The molecule has 0 aliphatic carbocycles. The second-order valence-electron chi connectivity index (χ2n) is 7.79. The highest BCUT2D eigenvalue weighted by atomic mass is 32.2. The molecule has 0 saturated carbocycles. The molecule has 31 heavy (non-hydrogen) atoms. The summed E-state index contributed by atoms with van der Waals surface area (Å²) in [6.45, 7) is 7.74. The number of carbonyl (C=O) groups is 1. The summed E-state index contributed by atoms with van der Waals surface area (Å²) >= 11 is 0. The molecule has 3 rings (SSSR count). The molecule has 6 heteroatoms. The van der Waals surface area contributed by atoms with Gasteiger partial charge in [0.25, 0.3) is 15.9 Å². The smallest absolute Gasteiger partial charge is 0.261 e. The minimum atomic E-state index is -3.75. The van der Waals surface area contributed by atoms with Gasteiger partial charge in [-0.05, 0) is 62.6 Å². The molecule has 1 unspecified atom stereocenters. The lowest BCUT2D eigenvalue weighted by molar-refractivity contribution is 0.0935. The van der Waals surface area contributed by atoms with Crippen LogP contribution in [0.5, 0.6) is 0 Å². The highest BCUT2D eigenvalue weighted by molar-refractivity contribution is 7.92. The van der Waals surface area contributed by atoms with Crippen molar-refractivity contribution in [3.05, 3.63) is 94.5 Å². The van der Waals surface area contributed by atoms with Gasteiger partial charge >= 0.3 is 0 Å². The Bertz CT molecular complexity index is 1170. The minimum absolute atomic E-state index is 0.123. The van der Waals surface area contributed by atoms with Crippen LogP contribution in [0, 0.1) is 20.8 Å². The van der Waals surface area contributed by atoms with Gasteiger partial charge in [0.05, 0.1) is 16.6 Å². The molecule has 1 atom stereocenters. The number of benzene rings is 3. The van der Waals surface area contributed by atoms with Gasteiger partial charge in [-0.1, -0.05) is 60.5 Å². The summed E-state index contributed by atoms with van der Waals surface area (Å²) in [4.78, 5) is 13.1. The molecule has 0 bridgehead atoms. The first-order valence-corrected chi connectivity index (χ1v) is 11.8. The molecule has 0 aliphatic heterocycles. The van der Waals surface area contributed by atoms with E-state index in [1.165, 1.54) is 0 Å². The summed E-state index contributed by atoms with van der Waals surface area (Å²) in [6, 6.07) is 19.6. The van der Waals surface area contributed by atoms with E-state index in [0.29, 0.717) is 11.3 Å². The first-order valence-electron chi connectivity index (χ1n) is 10.3. The van der Waals surface area contributed by atoms with Crippen LogP contribution < -0.4 is 10.0 Å². The zero-order valence-electron chi connectivity index (χ0n) is 18.3. The maximum absolute atomic E-state index is 12.9. The number of nitrogens with one attached hydrogen (secondary N) is 2. The number of aryl methyl sites for hydroxylation is 3. The number of anilines is 1. The maximum atomic E-state index is 12.9. The van der Waals surface area contributed by atoms with Crippen LogP contribution >= 0.6 is 0 Å². The Morgan fingerprint density at radius 2 is 1.45 bits per heavy atom. The lowest BCUT2D eigenvalue weighted by atomic mass is 10.0. The summed E-state index contributed by atoms with van der Waals surface area (Å²) in [7, 11) is -3.75. The van der Waals surface area contributed by atoms with Gasteiger partial charge in [0.2, 0.25) is 0 Å². The van der Waals surface area contributed by atoms with Gasteiger partial charge in [-0.25, -0.2) is 8.42 Å². The number of carbonyl (C=O) groups excluding carboxylic acids is 1. The van der Waals surface area contributed by atoms with Crippen LogP contribution in [0.25, 0.3) is 0 Å². The molecule has 2 N–H and O–H groups in total. The number of hydrogen-bond donors (Lipinski definition) is 2. The molecule has 5 nitrogen and oxygen atoms in total. The van der Waals surface area contributed by atoms with E-state index in [0.717, 1.165) is 28.7 Å². The third-order valence-electron chi connectivity index (χ3n) is 5.27. The third-order valence-corrected chi connectivity index (χ3v) is 6.65. The first-order chi connectivity index (χ1) is 14.7. The largest absolute Gasteiger partial charge is 0.345 e. The van der Waals surface area contributed by atoms with E-state index in [4.69, 9.17) is 0 Å². The number of hydrogen-bond acceptors (Lipinski definition) is 3. The molecule has 162 valence electrons. The summed E-state index contributed by atoms with van der Waals surface area (Å²) in [6.07, 6.45) is 0.744. The van der Waals surface area contributed by atoms with Crippen LogP contribution in [0.3, 0.4) is 0 Å². The highest BCUT2D eigenvalue weighted by Crippen LogP contribution is 2.23. The van der Waals surface area contributed by atoms with Crippen LogP contribution in [0.1, 0.15) is 52.0 Å². The molecule has 1 amide bonds. The zero-order chi connectivity index (χ0) is 22.6. The average Bonchev–Trinajstić information content (AvgIpc) is 2.74. The minimum Gasteiger partial charge on any atom is -0.345 e. The summed E-state index contributed by atoms with van der Waals surface area (Å²) in [5.74, 6) is -0.247. The lowest BCUT2D eigenvalue weighted by Crippen LogP contribution is -2.28. The van der Waals surface area contributed by atoms with Crippen molar-refractivity contribution in [2.24, 2.45) is 0 Å². The topological polar surface area (TPSA) is 75.3 Å². The second-order valence-corrected chi connectivity index (χ2v) is 9.48. The number of amides is 1. The molecule has 0 saturated heterocycles. The van der Waals surface area contributed by atoms with Gasteiger partial charge < -0.3 is 5.32 Å². The Kier molecular flexibility index (Phi) is 6.81. The molecule has 0 aromatic heterocycles. The van der Waals surface area contributed by atoms with E-state index in [2.05, 4.69) is 10.0 Å². The van der Waals surface area contributed by atoms with Crippen LogP contribution in [0.15, 0.2) is 71.6 Å².